The average Bonchev–Trinajstić information content (AvgIpc) is 2.46. The van der Waals surface area contributed by atoms with Crippen molar-refractivity contribution in [2.75, 3.05) is 14.2 Å². The first-order valence-corrected chi connectivity index (χ1v) is 8.87. The number of benzene rings is 2. The van der Waals surface area contributed by atoms with Crippen molar-refractivity contribution in [1.29, 1.82) is 0 Å². The summed E-state index contributed by atoms with van der Waals surface area (Å²) < 4.78 is 32.6. The molecule has 0 spiro atoms. The molecule has 5 heteroatoms. The maximum Gasteiger partial charge on any atom is 0.243 e. The monoisotopic (exact) mass is 333 g/mol. The number of ether oxygens (including phenoxy) is 1. The van der Waals surface area contributed by atoms with E-state index in [4.69, 9.17) is 4.74 Å². The van der Waals surface area contributed by atoms with Crippen LogP contribution in [0.4, 0.5) is 0 Å². The lowest BCUT2D eigenvalue weighted by Gasteiger charge is -2.21. The van der Waals surface area contributed by atoms with Gasteiger partial charge >= 0.3 is 0 Å². The Hall–Kier alpha value is -1.85. The van der Waals surface area contributed by atoms with Gasteiger partial charge in [-0.25, -0.2) is 8.42 Å². The smallest absolute Gasteiger partial charge is 0.243 e. The number of rotatable bonds is 5. The highest BCUT2D eigenvalue weighted by molar-refractivity contribution is 7.89. The van der Waals surface area contributed by atoms with Crippen molar-refractivity contribution in [3.05, 3.63) is 58.7 Å². The topological polar surface area (TPSA) is 46.6 Å². The van der Waals surface area contributed by atoms with Crippen molar-refractivity contribution in [3.8, 4) is 5.75 Å². The first-order valence-electron chi connectivity index (χ1n) is 7.43. The third-order valence-electron chi connectivity index (χ3n) is 3.86. The fourth-order valence-corrected chi connectivity index (χ4v) is 4.44. The van der Waals surface area contributed by atoms with Crippen LogP contribution in [0.2, 0.25) is 0 Å². The van der Waals surface area contributed by atoms with Gasteiger partial charge in [-0.1, -0.05) is 35.9 Å². The van der Waals surface area contributed by atoms with Crippen LogP contribution in [0.1, 0.15) is 22.3 Å². The van der Waals surface area contributed by atoms with Gasteiger partial charge < -0.3 is 4.74 Å². The van der Waals surface area contributed by atoms with E-state index >= 15 is 0 Å². The summed E-state index contributed by atoms with van der Waals surface area (Å²) in [5.41, 5.74) is 3.44. The number of sulfonamides is 1. The van der Waals surface area contributed by atoms with Gasteiger partial charge in [0.15, 0.2) is 0 Å². The van der Waals surface area contributed by atoms with Crippen LogP contribution in [0, 0.1) is 20.8 Å². The highest BCUT2D eigenvalue weighted by atomic mass is 32.2. The summed E-state index contributed by atoms with van der Waals surface area (Å²) in [6.07, 6.45) is 0. The van der Waals surface area contributed by atoms with Gasteiger partial charge in [0.1, 0.15) is 5.75 Å². The molecule has 0 N–H and O–H groups in total. The van der Waals surface area contributed by atoms with Gasteiger partial charge in [-0.2, -0.15) is 4.31 Å². The van der Waals surface area contributed by atoms with Crippen LogP contribution in [0.25, 0.3) is 0 Å². The largest absolute Gasteiger partial charge is 0.496 e. The Morgan fingerprint density at radius 3 is 2.17 bits per heavy atom. The first-order chi connectivity index (χ1) is 10.8. The standard InChI is InChI=1S/C18H23NO3S/c1-13-10-14(2)18(15(3)11-13)23(20,21)19(4)12-16-8-6-7-9-17(16)22-5/h6-11H,12H2,1-5H3. The van der Waals surface area contributed by atoms with Crippen molar-refractivity contribution < 1.29 is 13.2 Å². The molecule has 2 aromatic carbocycles. The Bertz CT molecular complexity index is 790. The molecule has 2 aromatic rings. The summed E-state index contributed by atoms with van der Waals surface area (Å²) in [7, 11) is -0.380. The normalized spacial score (nSPS) is 11.7. The van der Waals surface area contributed by atoms with E-state index in [1.165, 1.54) is 4.31 Å². The number of hydrogen-bond donors (Lipinski definition) is 0. The van der Waals surface area contributed by atoms with Gasteiger partial charge in [0.2, 0.25) is 10.0 Å². The Labute approximate surface area is 138 Å². The molecule has 0 saturated carbocycles. The average molecular weight is 333 g/mol. The van der Waals surface area contributed by atoms with E-state index in [0.717, 1.165) is 22.3 Å². The Kier molecular flexibility index (Phi) is 5.12. The molecule has 0 amide bonds. The fraction of sp³-hybridized carbons (Fsp3) is 0.333. The summed E-state index contributed by atoms with van der Waals surface area (Å²) >= 11 is 0. The minimum absolute atomic E-state index is 0.263. The number of aryl methyl sites for hydroxylation is 3. The van der Waals surface area contributed by atoms with Crippen molar-refractivity contribution in [2.24, 2.45) is 0 Å². The molecule has 0 fully saturated rings. The molecule has 0 unspecified atom stereocenters. The summed E-state index contributed by atoms with van der Waals surface area (Å²) in [4.78, 5) is 0.389. The molecule has 0 atom stereocenters. The molecular weight excluding hydrogens is 310 g/mol. The molecule has 0 heterocycles. The zero-order valence-corrected chi connectivity index (χ0v) is 15.1. The highest BCUT2D eigenvalue weighted by Gasteiger charge is 2.25. The van der Waals surface area contributed by atoms with Gasteiger partial charge in [-0.3, -0.25) is 0 Å². The summed E-state index contributed by atoms with van der Waals surface area (Å²) in [6.45, 7) is 5.90. The maximum atomic E-state index is 13.0. The summed E-state index contributed by atoms with van der Waals surface area (Å²) in [5.74, 6) is 0.687. The molecular formula is C18H23NO3S. The van der Waals surface area contributed by atoms with E-state index in [2.05, 4.69) is 0 Å². The zero-order valence-electron chi connectivity index (χ0n) is 14.3. The van der Waals surface area contributed by atoms with Gasteiger partial charge in [0.25, 0.3) is 0 Å². The summed E-state index contributed by atoms with van der Waals surface area (Å²) in [6, 6.07) is 11.2. The molecule has 2 rings (SSSR count). The van der Waals surface area contributed by atoms with Gasteiger partial charge in [-0.15, -0.1) is 0 Å². The van der Waals surface area contributed by atoms with Gasteiger partial charge in [0, 0.05) is 19.2 Å². The third-order valence-corrected chi connectivity index (χ3v) is 5.97. The van der Waals surface area contributed by atoms with Crippen LogP contribution in [-0.2, 0) is 16.6 Å². The molecule has 0 radical (unpaired) electrons. The van der Waals surface area contributed by atoms with Crippen LogP contribution in [0.15, 0.2) is 41.3 Å². The van der Waals surface area contributed by atoms with Crippen LogP contribution in [0.3, 0.4) is 0 Å². The lowest BCUT2D eigenvalue weighted by Crippen LogP contribution is -2.28. The number of para-hydroxylation sites is 1. The van der Waals surface area contributed by atoms with Crippen LogP contribution >= 0.6 is 0 Å². The molecule has 0 aliphatic carbocycles. The minimum Gasteiger partial charge on any atom is -0.496 e. The lowest BCUT2D eigenvalue weighted by molar-refractivity contribution is 0.398. The second kappa shape index (κ2) is 6.72. The fourth-order valence-electron chi connectivity index (χ4n) is 2.89. The van der Waals surface area contributed by atoms with Crippen LogP contribution in [0.5, 0.6) is 5.75 Å². The van der Waals surface area contributed by atoms with Crippen molar-refractivity contribution in [3.63, 3.8) is 0 Å². The molecule has 0 aliphatic rings. The first kappa shape index (κ1) is 17.5. The van der Waals surface area contributed by atoms with E-state index in [0.29, 0.717) is 10.6 Å². The van der Waals surface area contributed by atoms with E-state index in [1.807, 2.05) is 57.2 Å². The minimum atomic E-state index is -3.56. The summed E-state index contributed by atoms with van der Waals surface area (Å²) in [5, 5.41) is 0. The van der Waals surface area contributed by atoms with Crippen LogP contribution < -0.4 is 4.74 Å². The van der Waals surface area contributed by atoms with Gasteiger partial charge in [0.05, 0.1) is 12.0 Å². The highest BCUT2D eigenvalue weighted by Crippen LogP contribution is 2.27. The van der Waals surface area contributed by atoms with E-state index < -0.39 is 10.0 Å². The Morgan fingerprint density at radius 1 is 1.04 bits per heavy atom. The van der Waals surface area contributed by atoms with Gasteiger partial charge in [-0.05, 0) is 38.0 Å². The van der Waals surface area contributed by atoms with E-state index in [9.17, 15) is 8.42 Å². The predicted octanol–water partition coefficient (Wildman–Crippen LogP) is 3.44. The molecule has 0 aromatic heterocycles. The Morgan fingerprint density at radius 2 is 1.61 bits per heavy atom. The molecule has 0 aliphatic heterocycles. The molecule has 0 saturated heterocycles. The zero-order chi connectivity index (χ0) is 17.2. The molecule has 124 valence electrons. The molecule has 4 nitrogen and oxygen atoms in total. The van der Waals surface area contributed by atoms with Crippen molar-refractivity contribution >= 4 is 10.0 Å². The second-order valence-electron chi connectivity index (χ2n) is 5.80. The van der Waals surface area contributed by atoms with E-state index in [1.54, 1.807) is 14.2 Å². The number of nitrogens with zero attached hydrogens (tertiary/aromatic N) is 1. The molecule has 0 bridgehead atoms. The van der Waals surface area contributed by atoms with E-state index in [-0.39, 0.29) is 6.54 Å². The third kappa shape index (κ3) is 3.57. The maximum absolute atomic E-state index is 13.0. The number of hydrogen-bond acceptors (Lipinski definition) is 3. The molecule has 23 heavy (non-hydrogen) atoms. The second-order valence-corrected chi connectivity index (χ2v) is 7.78. The van der Waals surface area contributed by atoms with Crippen LogP contribution in [-0.4, -0.2) is 26.9 Å². The SMILES string of the molecule is COc1ccccc1CN(C)S(=O)(=O)c1c(C)cc(C)cc1C. The quantitative estimate of drug-likeness (QED) is 0.842. The Balaban J connectivity index is 2.40. The lowest BCUT2D eigenvalue weighted by atomic mass is 10.1. The van der Waals surface area contributed by atoms with Crippen molar-refractivity contribution in [2.45, 2.75) is 32.2 Å². The number of methoxy groups -OCH3 is 1. The van der Waals surface area contributed by atoms with Crippen molar-refractivity contribution in [1.82, 2.24) is 4.31 Å². The predicted molar refractivity (Wildman–Crippen MR) is 92.3 cm³/mol.